The molecule has 10 N–H and O–H groups in total. The summed E-state index contributed by atoms with van der Waals surface area (Å²) in [6, 6.07) is 6.80. The Labute approximate surface area is 852 Å². The van der Waals surface area contributed by atoms with Crippen LogP contribution in [0.1, 0.15) is 179 Å². The molecule has 13 aromatic heterocycles. The number of carbonyl (C=O) groups is 4. The maximum Gasteiger partial charge on any atom is 0.193 e. The fourth-order valence-corrected chi connectivity index (χ4v) is 17.6. The Bertz CT molecular complexity index is 5820. The van der Waals surface area contributed by atoms with Crippen LogP contribution in [0.2, 0.25) is 20.1 Å². The van der Waals surface area contributed by atoms with Crippen molar-refractivity contribution in [3.05, 3.63) is 244 Å². The van der Waals surface area contributed by atoms with E-state index in [2.05, 4.69) is 217 Å². The average Bonchev–Trinajstić information content (AvgIpc) is 1.53. The summed E-state index contributed by atoms with van der Waals surface area (Å²) in [7, 11) is 8.10. The van der Waals surface area contributed by atoms with Crippen molar-refractivity contribution in [3.63, 3.8) is 0 Å². The summed E-state index contributed by atoms with van der Waals surface area (Å²) in [4.78, 5) is 94.5. The van der Waals surface area contributed by atoms with Crippen molar-refractivity contribution >= 4 is 196 Å². The second-order valence-electron chi connectivity index (χ2n) is 32.1. The minimum absolute atomic E-state index is 0.00847. The maximum absolute atomic E-state index is 12.9. The summed E-state index contributed by atoms with van der Waals surface area (Å²) in [5.41, 5.74) is 34.3. The lowest BCUT2D eigenvalue weighted by Crippen LogP contribution is -2.27. The number of ketones is 4. The summed E-state index contributed by atoms with van der Waals surface area (Å²) >= 11 is 42.8. The third-order valence-electron chi connectivity index (χ3n) is 19.6. The van der Waals surface area contributed by atoms with Gasteiger partial charge in [-0.2, -0.15) is 44.7 Å². The molecule has 47 heteroatoms. The Balaban J connectivity index is 0.000000209. The number of aromatic nitrogens is 21. The van der Waals surface area contributed by atoms with Crippen molar-refractivity contribution < 1.29 is 46.7 Å². The van der Waals surface area contributed by atoms with E-state index < -0.39 is 0 Å². The number of nitrogens with zero attached hydrogens (tertiary/aromatic N) is 21. The van der Waals surface area contributed by atoms with Crippen molar-refractivity contribution in [2.75, 3.05) is 75.4 Å². The highest BCUT2D eigenvalue weighted by molar-refractivity contribution is 9.11. The number of nitrogen functional groups attached to an aromatic ring is 4. The number of halogens is 10. The standard InChI is InChI=1S/C22H26BrClN6O2.3C18H18BrClN6O2.C12H20BrN3O.CH3FS/c1-13(32-5)18-15(12-25-20(19(18)23)29-22(2,3)4)10-16(31)8-14-9-17(24)21(26-11-14)30-27-6-7-28-30;3*1-10(28-2)15-12(9-22-17(21)16(15)19)7-13(27)5-11-6-14(20)18(23-8-11)26-24-3-4-25-26;1-7(17-5)9-8(13)6-15-11(10(9)14)16-12(2,3)4;1-3-2/h6-7,9,11-13H,8,10H2,1-5H3,(H,25,29);3*3-4,6,8-10H,5,7H2,1-2H3,(H2,21,22);6-7H,14H2,1-5H3,(H,15,16);1H3/t;2*10-;;;/m.10.../s1. The molecule has 0 amide bonds. The lowest BCUT2D eigenvalue weighted by molar-refractivity contribution is -0.118. The molecule has 0 aliphatic carbocycles. The van der Waals surface area contributed by atoms with E-state index in [1.807, 2.05) is 34.6 Å². The molecular formula is C89H103Br5Cl4FN27O9S. The molecule has 13 aromatic rings. The fourth-order valence-electron chi connectivity index (χ4n) is 13.1. The van der Waals surface area contributed by atoms with Gasteiger partial charge in [-0.1, -0.05) is 46.4 Å². The second kappa shape index (κ2) is 52.7. The minimum atomic E-state index is -0.237. The number of rotatable bonds is 32. The van der Waals surface area contributed by atoms with E-state index in [1.54, 1.807) is 128 Å². The Kier molecular flexibility index (Phi) is 43.1. The van der Waals surface area contributed by atoms with Gasteiger partial charge in [0.2, 0.25) is 0 Å². The van der Waals surface area contributed by atoms with Crippen LogP contribution in [0, 0.1) is 0 Å². The lowest BCUT2D eigenvalue weighted by atomic mass is 9.98. The normalized spacial score (nSPS) is 12.3. The molecule has 0 radical (unpaired) electrons. The van der Waals surface area contributed by atoms with Gasteiger partial charge >= 0.3 is 0 Å². The smallest absolute Gasteiger partial charge is 0.193 e. The van der Waals surface area contributed by atoms with Crippen LogP contribution >= 0.6 is 138 Å². The van der Waals surface area contributed by atoms with E-state index in [0.717, 1.165) is 64.6 Å². The SMILES string of the molecule is COC(C)c1c(Br)cnc(NC(C)(C)C)c1N.COC(C)c1c(CC(=O)Cc2cnc(-n3nccn3)c(Cl)c2)cnc(N)c1Br.COC(C)c1c(CC(=O)Cc2cnc(-n3nccn3)c(Cl)c2)cnc(NC(C)(C)C)c1Br.CO[C@@H](C)c1c(CC(=O)Cc2cnc(-n3nccn3)c(Cl)c2)cnc(N)c1Br.CO[C@H](C)c1c(CC(=O)Cc2cnc(-n3nccn3)c(Cl)c2)cnc(N)c1Br.CSF. The van der Waals surface area contributed by atoms with E-state index in [0.29, 0.717) is 108 Å². The molecule has 0 aliphatic rings. The Hall–Kier alpha value is -9.97. The second-order valence-corrected chi connectivity index (χ2v) is 38.0. The molecule has 136 heavy (non-hydrogen) atoms. The number of anilines is 6. The Morgan fingerprint density at radius 2 is 0.581 bits per heavy atom. The van der Waals surface area contributed by atoms with Crippen LogP contribution < -0.4 is 33.6 Å². The molecule has 0 saturated carbocycles. The van der Waals surface area contributed by atoms with Gasteiger partial charge in [0, 0.05) is 204 Å². The number of hydrogen-bond donors (Lipinski definition) is 6. The van der Waals surface area contributed by atoms with Crippen molar-refractivity contribution in [2.24, 2.45) is 0 Å². The predicted molar refractivity (Wildman–Crippen MR) is 542 cm³/mol. The number of carbonyl (C=O) groups excluding carboxylic acids is 4. The molecule has 0 fully saturated rings. The molecule has 13 heterocycles. The highest BCUT2D eigenvalue weighted by Gasteiger charge is 2.28. The van der Waals surface area contributed by atoms with Gasteiger partial charge in [0.05, 0.1) is 124 Å². The Morgan fingerprint density at radius 1 is 0.360 bits per heavy atom. The van der Waals surface area contributed by atoms with Crippen molar-refractivity contribution in [1.29, 1.82) is 0 Å². The van der Waals surface area contributed by atoms with Crippen LogP contribution in [-0.2, 0) is 94.2 Å². The van der Waals surface area contributed by atoms with Gasteiger partial charge in [0.25, 0.3) is 0 Å². The number of ether oxygens (including phenoxy) is 5. The largest absolute Gasteiger partial charge is 0.395 e. The molecule has 0 saturated heterocycles. The number of nitrogens with two attached hydrogens (primary N) is 4. The number of Topliss-reactive ketones (excluding diaryl/α,β-unsaturated/α-hetero) is 4. The summed E-state index contributed by atoms with van der Waals surface area (Å²) in [6.07, 6.45) is 28.9. The molecule has 0 aromatic carbocycles. The van der Waals surface area contributed by atoms with E-state index >= 15 is 0 Å². The number of pyridine rings is 9. The maximum atomic E-state index is 12.9. The van der Waals surface area contributed by atoms with Gasteiger partial charge in [-0.3, -0.25) is 19.2 Å². The van der Waals surface area contributed by atoms with Gasteiger partial charge < -0.3 is 57.3 Å². The zero-order valence-electron chi connectivity index (χ0n) is 77.2. The first-order chi connectivity index (χ1) is 64.5. The monoisotopic (exact) mass is 2280 g/mol. The number of methoxy groups -OCH3 is 5. The van der Waals surface area contributed by atoms with Crippen LogP contribution in [0.4, 0.5) is 38.7 Å². The van der Waals surface area contributed by atoms with Crippen molar-refractivity contribution in [3.8, 4) is 23.3 Å². The molecule has 3 unspecified atom stereocenters. The predicted octanol–water partition coefficient (Wildman–Crippen LogP) is 18.7. The molecule has 0 aliphatic heterocycles. The fraction of sp³-hybridized carbons (Fsp3) is 0.360. The summed E-state index contributed by atoms with van der Waals surface area (Å²) in [6.45, 7) is 21.9. The lowest BCUT2D eigenvalue weighted by Gasteiger charge is -2.25. The molecule has 5 atom stereocenters. The quantitative estimate of drug-likeness (QED) is 0.0228. The first kappa shape index (κ1) is 111. The first-order valence-corrected chi connectivity index (χ1v) is 47.9. The van der Waals surface area contributed by atoms with E-state index in [9.17, 15) is 23.1 Å². The molecule has 36 nitrogen and oxygen atoms in total. The van der Waals surface area contributed by atoms with Gasteiger partial charge in [0.1, 0.15) is 52.2 Å². The highest BCUT2D eigenvalue weighted by Crippen LogP contribution is 2.40. The van der Waals surface area contributed by atoms with E-state index in [-0.39, 0.29) is 128 Å². The Morgan fingerprint density at radius 3 is 0.816 bits per heavy atom. The highest BCUT2D eigenvalue weighted by atomic mass is 79.9. The molecule has 724 valence electrons. The topological polar surface area (TPSA) is 481 Å². The van der Waals surface area contributed by atoms with Crippen LogP contribution in [-0.4, -0.2) is 181 Å². The summed E-state index contributed by atoms with van der Waals surface area (Å²) in [5.74, 6) is 4.11. The zero-order chi connectivity index (χ0) is 100. The van der Waals surface area contributed by atoms with E-state index in [1.165, 1.54) is 62.6 Å². The molecule has 0 bridgehead atoms. The summed E-state index contributed by atoms with van der Waals surface area (Å²) < 4.78 is 40.9. The van der Waals surface area contributed by atoms with Crippen LogP contribution in [0.5, 0.6) is 0 Å². The molecule has 0 spiro atoms. The average molecular weight is 2290 g/mol. The zero-order valence-corrected chi connectivity index (χ0v) is 89.0. The van der Waals surface area contributed by atoms with Gasteiger partial charge in [-0.05, 0) is 225 Å². The van der Waals surface area contributed by atoms with Gasteiger partial charge in [-0.25, -0.2) is 44.9 Å². The number of hydrogen-bond acceptors (Lipinski definition) is 33. The number of nitrogens with one attached hydrogen (secondary N) is 2. The first-order valence-electron chi connectivity index (χ1n) is 41.3. The molecular weight excluding hydrogens is 2180 g/mol. The minimum Gasteiger partial charge on any atom is -0.395 e. The third-order valence-corrected chi connectivity index (χ3v) is 24.7. The van der Waals surface area contributed by atoms with Gasteiger partial charge in [-0.15, -0.1) is 19.2 Å². The third kappa shape index (κ3) is 31.8. The van der Waals surface area contributed by atoms with Crippen molar-refractivity contribution in [2.45, 2.75) is 169 Å². The van der Waals surface area contributed by atoms with Crippen LogP contribution in [0.3, 0.4) is 0 Å². The van der Waals surface area contributed by atoms with Gasteiger partial charge in [0.15, 0.2) is 23.3 Å². The van der Waals surface area contributed by atoms with Crippen molar-refractivity contribution in [1.82, 2.24) is 105 Å². The summed E-state index contributed by atoms with van der Waals surface area (Å²) in [5, 5.41) is 40.2. The van der Waals surface area contributed by atoms with E-state index in [4.69, 9.17) is 93.0 Å². The van der Waals surface area contributed by atoms with Crippen LogP contribution in [0.25, 0.3) is 23.3 Å². The molecule has 13 rings (SSSR count). The van der Waals surface area contributed by atoms with Crippen LogP contribution in [0.15, 0.2) is 152 Å².